The number of fused-ring (bicyclic) bond motifs is 2. The molecule has 0 heterocycles. The van der Waals surface area contributed by atoms with Gasteiger partial charge in [0.15, 0.2) is 11.6 Å². The molecule has 0 saturated carbocycles. The fraction of sp³-hybridized carbons (Fsp3) is 0. The lowest BCUT2D eigenvalue weighted by atomic mass is 9.83. The van der Waals surface area contributed by atoms with E-state index in [-0.39, 0.29) is 24.0 Å². The lowest BCUT2D eigenvalue weighted by molar-refractivity contribution is 0.0979. The minimum Gasteiger partial charge on any atom is -0.399 e. The Labute approximate surface area is 243 Å². The van der Waals surface area contributed by atoms with Crippen molar-refractivity contribution < 1.29 is 9.59 Å². The van der Waals surface area contributed by atoms with Crippen LogP contribution in [0.25, 0.3) is 5.57 Å². The van der Waals surface area contributed by atoms with Gasteiger partial charge in [-0.15, -0.1) is 12.4 Å². The van der Waals surface area contributed by atoms with E-state index >= 15 is 0 Å². The highest BCUT2D eigenvalue weighted by Crippen LogP contribution is 2.31. The summed E-state index contributed by atoms with van der Waals surface area (Å²) in [5, 5.41) is 7.66. The van der Waals surface area contributed by atoms with E-state index in [1.807, 2.05) is 60.7 Å². The maximum atomic E-state index is 12.3. The molecule has 0 unspecified atom stereocenters. The summed E-state index contributed by atoms with van der Waals surface area (Å²) in [5.41, 5.74) is 31.6. The first-order valence-corrected chi connectivity index (χ1v) is 12.5. The van der Waals surface area contributed by atoms with Crippen molar-refractivity contribution in [2.24, 2.45) is 0 Å². The molecule has 7 nitrogen and oxygen atoms in total. The number of hydrogen-bond acceptors (Lipinski definition) is 7. The normalized spacial score (nSPS) is 13.0. The Bertz CT molecular complexity index is 1640. The van der Waals surface area contributed by atoms with Gasteiger partial charge in [-0.3, -0.25) is 9.59 Å². The number of carbonyl (C=O) groups excluding carboxylic acids is 2. The van der Waals surface area contributed by atoms with Gasteiger partial charge in [0.05, 0.1) is 5.71 Å². The van der Waals surface area contributed by atoms with Crippen LogP contribution >= 0.6 is 12.4 Å². The topological polar surface area (TPSA) is 162 Å². The van der Waals surface area contributed by atoms with E-state index in [0.29, 0.717) is 39.3 Å². The fourth-order valence-electron chi connectivity index (χ4n) is 4.62. The van der Waals surface area contributed by atoms with E-state index in [0.717, 1.165) is 33.6 Å². The fourth-order valence-corrected chi connectivity index (χ4v) is 4.62. The number of anilines is 4. The minimum absolute atomic E-state index is 0. The van der Waals surface area contributed by atoms with Crippen LogP contribution in [0.4, 0.5) is 22.7 Å². The van der Waals surface area contributed by atoms with Crippen LogP contribution in [0.1, 0.15) is 43.0 Å². The van der Waals surface area contributed by atoms with Gasteiger partial charge in [-0.2, -0.15) is 0 Å². The molecule has 9 N–H and O–H groups in total. The Kier molecular flexibility index (Phi) is 8.21. The molecule has 0 fully saturated rings. The predicted octanol–water partition coefficient (Wildman–Crippen LogP) is 5.85. The summed E-state index contributed by atoms with van der Waals surface area (Å²) in [6.07, 6.45) is 7.52. The second kappa shape index (κ2) is 11.8. The van der Waals surface area contributed by atoms with Crippen molar-refractivity contribution in [3.8, 4) is 0 Å². The highest BCUT2D eigenvalue weighted by Gasteiger charge is 2.29. The zero-order valence-electron chi connectivity index (χ0n) is 21.9. The molecule has 2 aliphatic rings. The van der Waals surface area contributed by atoms with Gasteiger partial charge in [0.2, 0.25) is 0 Å². The lowest BCUT2D eigenvalue weighted by Crippen LogP contribution is -2.21. The molecule has 0 radical (unpaired) electrons. The van der Waals surface area contributed by atoms with Crippen LogP contribution in [0.2, 0.25) is 0 Å². The van der Waals surface area contributed by atoms with E-state index in [9.17, 15) is 9.59 Å². The Morgan fingerprint density at radius 3 is 1.24 bits per heavy atom. The summed E-state index contributed by atoms with van der Waals surface area (Å²) in [5.74, 6) is -0.376. The standard InChI is InChI=1S/C19H17N3.C14H10N2O2.ClH/c20-16-7-1-13(2-8-16)19(14-3-9-17(21)10-4-14)15-5-11-18(22)12-6-15;15-7-1-3-9-11(5-7)14(18)10-4-2-8(16)6-12(10)13(9)17;/h1-12,20H,21-22H2;1-6H,15-16H2;1H. The lowest BCUT2D eigenvalue weighted by Gasteiger charge is -2.17. The van der Waals surface area contributed by atoms with Crippen LogP contribution in [0.5, 0.6) is 0 Å². The van der Waals surface area contributed by atoms with Crippen LogP contribution in [0, 0.1) is 5.41 Å². The first-order chi connectivity index (χ1) is 19.2. The second-order valence-corrected chi connectivity index (χ2v) is 9.46. The minimum atomic E-state index is -0.188. The molecular weight excluding hydrogens is 534 g/mol. The molecule has 204 valence electrons. The largest absolute Gasteiger partial charge is 0.399 e. The number of benzene rings is 4. The van der Waals surface area contributed by atoms with Gasteiger partial charge < -0.3 is 28.3 Å². The summed E-state index contributed by atoms with van der Waals surface area (Å²) < 4.78 is 0. The third-order valence-corrected chi connectivity index (χ3v) is 6.64. The zero-order valence-corrected chi connectivity index (χ0v) is 22.7. The van der Waals surface area contributed by atoms with Gasteiger partial charge >= 0.3 is 0 Å². The Balaban J connectivity index is 0.000000188. The average molecular weight is 562 g/mol. The van der Waals surface area contributed by atoms with E-state index < -0.39 is 0 Å². The number of rotatable bonds is 2. The molecule has 2 aliphatic carbocycles. The summed E-state index contributed by atoms with van der Waals surface area (Å²) in [7, 11) is 0. The number of halogens is 1. The molecule has 4 aromatic carbocycles. The third kappa shape index (κ3) is 5.95. The molecule has 4 aromatic rings. The van der Waals surface area contributed by atoms with E-state index in [1.165, 1.54) is 12.1 Å². The maximum Gasteiger partial charge on any atom is 0.194 e. The monoisotopic (exact) mass is 561 g/mol. The number of nitrogens with one attached hydrogen (secondary N) is 1. The molecule has 0 bridgehead atoms. The molecule has 0 aliphatic heterocycles. The highest BCUT2D eigenvalue weighted by atomic mass is 35.5. The highest BCUT2D eigenvalue weighted by molar-refractivity contribution is 6.28. The van der Waals surface area contributed by atoms with Crippen LogP contribution in [-0.4, -0.2) is 17.3 Å². The van der Waals surface area contributed by atoms with Gasteiger partial charge in [-0.05, 0) is 95.1 Å². The smallest absolute Gasteiger partial charge is 0.194 e. The Morgan fingerprint density at radius 1 is 0.488 bits per heavy atom. The van der Waals surface area contributed by atoms with Crippen molar-refractivity contribution in [1.29, 1.82) is 5.41 Å². The van der Waals surface area contributed by atoms with Crippen molar-refractivity contribution in [2.75, 3.05) is 22.9 Å². The first-order valence-electron chi connectivity index (χ1n) is 12.5. The van der Waals surface area contributed by atoms with Crippen molar-refractivity contribution >= 4 is 58.0 Å². The van der Waals surface area contributed by atoms with Gasteiger partial charge in [0.25, 0.3) is 0 Å². The molecule has 0 spiro atoms. The molecule has 0 atom stereocenters. The van der Waals surface area contributed by atoms with Crippen molar-refractivity contribution in [1.82, 2.24) is 0 Å². The van der Waals surface area contributed by atoms with Crippen molar-refractivity contribution in [2.45, 2.75) is 0 Å². The average Bonchev–Trinajstić information content (AvgIpc) is 2.95. The second-order valence-electron chi connectivity index (χ2n) is 9.46. The first kappa shape index (κ1) is 28.6. The summed E-state index contributed by atoms with van der Waals surface area (Å²) in [4.78, 5) is 24.5. The third-order valence-electron chi connectivity index (χ3n) is 6.64. The molecule has 6 rings (SSSR count). The number of allylic oxidation sites excluding steroid dienone is 5. The molecule has 0 amide bonds. The number of nitrogen functional groups attached to an aromatic ring is 4. The van der Waals surface area contributed by atoms with E-state index in [4.69, 9.17) is 28.3 Å². The quantitative estimate of drug-likeness (QED) is 0.170. The summed E-state index contributed by atoms with van der Waals surface area (Å²) >= 11 is 0. The summed E-state index contributed by atoms with van der Waals surface area (Å²) in [6.45, 7) is 0. The number of ketones is 2. The molecule has 41 heavy (non-hydrogen) atoms. The van der Waals surface area contributed by atoms with Crippen LogP contribution in [0.15, 0.2) is 115 Å². The van der Waals surface area contributed by atoms with E-state index in [2.05, 4.69) is 0 Å². The SMILES string of the molecule is Cl.N=C1C=CC(=C(c2ccc(N)cc2)c2ccc(N)cc2)C=C1.Nc1ccc2c(c1)C(=O)c1ccc(N)cc1C2=O. The number of hydrogen-bond donors (Lipinski definition) is 5. The van der Waals surface area contributed by atoms with Crippen LogP contribution in [-0.2, 0) is 0 Å². The zero-order chi connectivity index (χ0) is 28.4. The van der Waals surface area contributed by atoms with Gasteiger partial charge in [-0.25, -0.2) is 0 Å². The number of nitrogens with two attached hydrogens (primary N) is 4. The summed E-state index contributed by atoms with van der Waals surface area (Å²) in [6, 6.07) is 25.1. The predicted molar refractivity (Wildman–Crippen MR) is 170 cm³/mol. The molecule has 8 heteroatoms. The van der Waals surface area contributed by atoms with Gasteiger partial charge in [0.1, 0.15) is 0 Å². The van der Waals surface area contributed by atoms with Crippen molar-refractivity contribution in [3.63, 3.8) is 0 Å². The van der Waals surface area contributed by atoms with Crippen molar-refractivity contribution in [3.05, 3.63) is 148 Å². The van der Waals surface area contributed by atoms with Crippen LogP contribution in [0.3, 0.4) is 0 Å². The van der Waals surface area contributed by atoms with E-state index in [1.54, 1.807) is 36.4 Å². The molecule has 0 saturated heterocycles. The molecule has 0 aromatic heterocycles. The maximum absolute atomic E-state index is 12.3. The Morgan fingerprint density at radius 2 is 0.854 bits per heavy atom. The Hall–Kier alpha value is -5.40. The number of carbonyl (C=O) groups is 2. The van der Waals surface area contributed by atoms with Gasteiger partial charge in [0, 0.05) is 45.0 Å². The van der Waals surface area contributed by atoms with Gasteiger partial charge in [-0.1, -0.05) is 36.4 Å². The molecular formula is C33H28ClN5O2. The van der Waals surface area contributed by atoms with Crippen LogP contribution < -0.4 is 22.9 Å².